The Hall–Kier alpha value is -3.89. The number of hydrogen-bond donors (Lipinski definition) is 0. The van der Waals surface area contributed by atoms with E-state index in [0.29, 0.717) is 5.16 Å². The fourth-order valence-corrected chi connectivity index (χ4v) is 5.86. The standard InChI is InChI=1S/C22H23N7O7S2/c1-15-3-6-17(7-4-15)38(34,35)28-11-9-27(10-12-28)20(30)14-36-21(31)16-5-8-19(18(13-16)29(32)33)37-22-23-24-25-26(22)2/h3-8,13H,9-12,14H2,1-2H3. The van der Waals surface area contributed by atoms with E-state index in [4.69, 9.17) is 4.74 Å². The van der Waals surface area contributed by atoms with Crippen molar-refractivity contribution in [3.05, 3.63) is 63.7 Å². The molecular formula is C22H23N7O7S2. The van der Waals surface area contributed by atoms with Gasteiger partial charge >= 0.3 is 5.97 Å². The maximum Gasteiger partial charge on any atom is 0.338 e. The van der Waals surface area contributed by atoms with Crippen LogP contribution in [0.1, 0.15) is 15.9 Å². The first-order chi connectivity index (χ1) is 18.1. The van der Waals surface area contributed by atoms with Gasteiger partial charge in [-0.15, -0.1) is 5.10 Å². The number of piperazine rings is 1. The molecule has 1 aliphatic heterocycles. The first kappa shape index (κ1) is 27.2. The van der Waals surface area contributed by atoms with Crippen molar-refractivity contribution in [2.75, 3.05) is 32.8 Å². The lowest BCUT2D eigenvalue weighted by atomic mass is 10.2. The number of nitro groups is 1. The van der Waals surface area contributed by atoms with Gasteiger partial charge in [0.1, 0.15) is 0 Å². The summed E-state index contributed by atoms with van der Waals surface area (Å²) >= 11 is 0.960. The van der Waals surface area contributed by atoms with Gasteiger partial charge in [0, 0.05) is 39.3 Å². The summed E-state index contributed by atoms with van der Waals surface area (Å²) in [5, 5.41) is 22.8. The third kappa shape index (κ3) is 5.98. The Kier molecular flexibility index (Phi) is 8.03. The van der Waals surface area contributed by atoms with Crippen molar-refractivity contribution in [3.8, 4) is 0 Å². The van der Waals surface area contributed by atoms with Crippen LogP contribution in [0.5, 0.6) is 0 Å². The summed E-state index contributed by atoms with van der Waals surface area (Å²) < 4.78 is 33.4. The fourth-order valence-electron chi connectivity index (χ4n) is 3.62. The van der Waals surface area contributed by atoms with Gasteiger partial charge in [-0.3, -0.25) is 14.9 Å². The molecule has 0 saturated carbocycles. The average Bonchev–Trinajstić information content (AvgIpc) is 3.31. The maximum atomic E-state index is 12.8. The Morgan fingerprint density at radius 3 is 2.39 bits per heavy atom. The van der Waals surface area contributed by atoms with Crippen LogP contribution in [-0.2, 0) is 26.6 Å². The van der Waals surface area contributed by atoms with Crippen LogP contribution in [0.3, 0.4) is 0 Å². The van der Waals surface area contributed by atoms with Gasteiger partial charge < -0.3 is 9.64 Å². The third-order valence-electron chi connectivity index (χ3n) is 5.75. The quantitative estimate of drug-likeness (QED) is 0.220. The van der Waals surface area contributed by atoms with Gasteiger partial charge in [-0.05, 0) is 53.4 Å². The molecular weight excluding hydrogens is 538 g/mol. The largest absolute Gasteiger partial charge is 0.452 e. The van der Waals surface area contributed by atoms with Crippen LogP contribution in [0.15, 0.2) is 57.4 Å². The van der Waals surface area contributed by atoms with Gasteiger partial charge in [0.2, 0.25) is 15.2 Å². The minimum atomic E-state index is -3.68. The molecule has 0 aliphatic carbocycles. The first-order valence-electron chi connectivity index (χ1n) is 11.3. The van der Waals surface area contributed by atoms with E-state index in [9.17, 15) is 28.1 Å². The predicted molar refractivity (Wildman–Crippen MR) is 133 cm³/mol. The Labute approximate surface area is 221 Å². The van der Waals surface area contributed by atoms with Crippen molar-refractivity contribution in [2.45, 2.75) is 21.9 Å². The van der Waals surface area contributed by atoms with E-state index in [1.807, 2.05) is 6.92 Å². The molecule has 2 heterocycles. The lowest BCUT2D eigenvalue weighted by molar-refractivity contribution is -0.387. The molecule has 0 N–H and O–H groups in total. The summed E-state index contributed by atoms with van der Waals surface area (Å²) in [6.45, 7) is 1.75. The summed E-state index contributed by atoms with van der Waals surface area (Å²) in [4.78, 5) is 37.8. The fraction of sp³-hybridized carbons (Fsp3) is 0.318. The molecule has 14 nitrogen and oxygen atoms in total. The molecule has 16 heteroatoms. The molecule has 200 valence electrons. The molecule has 1 fully saturated rings. The Balaban J connectivity index is 1.33. The number of aromatic nitrogens is 4. The molecule has 0 unspecified atom stereocenters. The molecule has 3 aromatic rings. The minimum Gasteiger partial charge on any atom is -0.452 e. The molecule has 0 radical (unpaired) electrons. The zero-order valence-electron chi connectivity index (χ0n) is 20.4. The Morgan fingerprint density at radius 2 is 1.79 bits per heavy atom. The van der Waals surface area contributed by atoms with E-state index in [2.05, 4.69) is 15.5 Å². The molecule has 0 atom stereocenters. The van der Waals surface area contributed by atoms with Crippen LogP contribution in [0.2, 0.25) is 0 Å². The second-order valence-electron chi connectivity index (χ2n) is 8.30. The number of hydrogen-bond acceptors (Lipinski definition) is 11. The van der Waals surface area contributed by atoms with Crippen LogP contribution in [0.25, 0.3) is 0 Å². The highest BCUT2D eigenvalue weighted by molar-refractivity contribution is 7.99. The van der Waals surface area contributed by atoms with E-state index >= 15 is 0 Å². The van der Waals surface area contributed by atoms with Crippen LogP contribution >= 0.6 is 11.8 Å². The topological polar surface area (TPSA) is 171 Å². The molecule has 0 bridgehead atoms. The number of nitro benzene ring substituents is 1. The van der Waals surface area contributed by atoms with E-state index in [1.54, 1.807) is 31.3 Å². The highest BCUT2D eigenvalue weighted by Gasteiger charge is 2.30. The first-order valence-corrected chi connectivity index (χ1v) is 13.5. The number of esters is 1. The van der Waals surface area contributed by atoms with E-state index < -0.39 is 33.4 Å². The molecule has 2 aromatic carbocycles. The van der Waals surface area contributed by atoms with Crippen LogP contribution in [0.4, 0.5) is 5.69 Å². The summed E-state index contributed by atoms with van der Waals surface area (Å²) in [7, 11) is -2.10. The van der Waals surface area contributed by atoms with Crippen LogP contribution in [-0.4, -0.2) is 87.4 Å². The van der Waals surface area contributed by atoms with Crippen molar-refractivity contribution in [1.29, 1.82) is 0 Å². The van der Waals surface area contributed by atoms with Gasteiger partial charge in [-0.25, -0.2) is 17.9 Å². The molecule has 1 aromatic heterocycles. The van der Waals surface area contributed by atoms with Gasteiger partial charge in [-0.2, -0.15) is 4.31 Å². The van der Waals surface area contributed by atoms with Gasteiger partial charge in [0.25, 0.3) is 11.6 Å². The van der Waals surface area contributed by atoms with Gasteiger partial charge in [0.05, 0.1) is 20.3 Å². The number of rotatable bonds is 8. The molecule has 1 aliphatic rings. The highest BCUT2D eigenvalue weighted by Crippen LogP contribution is 2.34. The number of carbonyl (C=O) groups is 2. The molecule has 4 rings (SSSR count). The second kappa shape index (κ2) is 11.2. The zero-order chi connectivity index (χ0) is 27.4. The molecule has 38 heavy (non-hydrogen) atoms. The van der Waals surface area contributed by atoms with Gasteiger partial charge in [-0.1, -0.05) is 17.7 Å². The van der Waals surface area contributed by atoms with Crippen molar-refractivity contribution in [1.82, 2.24) is 29.4 Å². The number of benzene rings is 2. The molecule has 1 amide bonds. The molecule has 1 saturated heterocycles. The number of ether oxygens (including phenoxy) is 1. The minimum absolute atomic E-state index is 0.0982. The van der Waals surface area contributed by atoms with E-state index in [-0.39, 0.29) is 47.2 Å². The van der Waals surface area contributed by atoms with Crippen molar-refractivity contribution in [3.63, 3.8) is 0 Å². The summed E-state index contributed by atoms with van der Waals surface area (Å²) in [5.41, 5.74) is 0.501. The van der Waals surface area contributed by atoms with Crippen molar-refractivity contribution in [2.24, 2.45) is 7.05 Å². The van der Waals surface area contributed by atoms with E-state index in [1.165, 1.54) is 26.0 Å². The number of carbonyl (C=O) groups excluding carboxylic acids is 2. The average molecular weight is 562 g/mol. The maximum absolute atomic E-state index is 12.8. The van der Waals surface area contributed by atoms with Crippen LogP contribution in [0, 0.1) is 17.0 Å². The highest BCUT2D eigenvalue weighted by atomic mass is 32.2. The number of sulfonamides is 1. The van der Waals surface area contributed by atoms with E-state index in [0.717, 1.165) is 23.4 Å². The normalized spacial score (nSPS) is 14.3. The van der Waals surface area contributed by atoms with Crippen molar-refractivity contribution >= 4 is 39.3 Å². The summed E-state index contributed by atoms with van der Waals surface area (Å²) in [5.74, 6) is -1.40. The molecule has 0 spiro atoms. The third-order valence-corrected chi connectivity index (χ3v) is 8.76. The number of nitrogens with zero attached hydrogens (tertiary/aromatic N) is 7. The predicted octanol–water partition coefficient (Wildman–Crippen LogP) is 1.27. The number of amides is 1. The van der Waals surface area contributed by atoms with Gasteiger partial charge in [0.15, 0.2) is 6.61 Å². The SMILES string of the molecule is Cc1ccc(S(=O)(=O)N2CCN(C(=O)COC(=O)c3ccc(Sc4nnnn4C)c([N+](=O)[O-])c3)CC2)cc1. The summed E-state index contributed by atoms with van der Waals surface area (Å²) in [6.07, 6.45) is 0. The van der Waals surface area contributed by atoms with Crippen LogP contribution < -0.4 is 0 Å². The smallest absolute Gasteiger partial charge is 0.338 e. The number of tetrazole rings is 1. The number of aryl methyl sites for hydroxylation is 2. The second-order valence-corrected chi connectivity index (χ2v) is 11.2. The summed E-state index contributed by atoms with van der Waals surface area (Å²) in [6, 6.07) is 10.3. The monoisotopic (exact) mass is 561 g/mol. The zero-order valence-corrected chi connectivity index (χ0v) is 22.0. The lowest BCUT2D eigenvalue weighted by Gasteiger charge is -2.33. The lowest BCUT2D eigenvalue weighted by Crippen LogP contribution is -2.51. The van der Waals surface area contributed by atoms with Crippen molar-refractivity contribution < 1.29 is 27.7 Å². The Morgan fingerprint density at radius 1 is 1.11 bits per heavy atom. The Bertz CT molecular complexity index is 1470.